The molecule has 3 aromatic rings. The molecule has 0 spiro atoms. The highest BCUT2D eigenvalue weighted by Crippen LogP contribution is 2.29. The van der Waals surface area contributed by atoms with Crippen LogP contribution in [0.15, 0.2) is 71.6 Å². The lowest BCUT2D eigenvalue weighted by Crippen LogP contribution is -2.16. The van der Waals surface area contributed by atoms with E-state index >= 15 is 0 Å². The summed E-state index contributed by atoms with van der Waals surface area (Å²) in [6.45, 7) is 0. The van der Waals surface area contributed by atoms with E-state index in [1.165, 1.54) is 19.2 Å². The van der Waals surface area contributed by atoms with Crippen molar-refractivity contribution in [1.82, 2.24) is 0 Å². The number of nitrogens with one attached hydrogen (secondary N) is 2. The van der Waals surface area contributed by atoms with Gasteiger partial charge in [0.15, 0.2) is 0 Å². The monoisotopic (exact) mass is 474 g/mol. The second kappa shape index (κ2) is 10.4. The zero-order valence-electron chi connectivity index (χ0n) is 17.6. The van der Waals surface area contributed by atoms with Crippen LogP contribution in [0.4, 0.5) is 11.4 Å². The van der Waals surface area contributed by atoms with Crippen LogP contribution < -0.4 is 19.5 Å². The summed E-state index contributed by atoms with van der Waals surface area (Å²) in [7, 11) is -0.998. The number of ether oxygens (including phenoxy) is 2. The van der Waals surface area contributed by atoms with Gasteiger partial charge in [-0.1, -0.05) is 23.7 Å². The molecule has 0 atom stereocenters. The van der Waals surface area contributed by atoms with E-state index in [9.17, 15) is 13.2 Å². The number of carbonyl (C=O) groups is 1. The molecular weight excluding hydrogens is 452 g/mol. The SMILES string of the molecule is COc1ccc(CCC(=O)Nc2ccc(OC)c(S(=O)(=O)Nc3ccc(Cl)cc3)c2)cc1. The molecule has 32 heavy (non-hydrogen) atoms. The predicted octanol–water partition coefficient (Wildman–Crippen LogP) is 4.73. The topological polar surface area (TPSA) is 93.7 Å². The van der Waals surface area contributed by atoms with Gasteiger partial charge in [-0.2, -0.15) is 0 Å². The Kier molecular flexibility index (Phi) is 7.61. The minimum atomic E-state index is -3.97. The number of carbonyl (C=O) groups excluding carboxylic acids is 1. The first-order valence-electron chi connectivity index (χ1n) is 9.70. The second-order valence-corrected chi connectivity index (χ2v) is 8.96. The van der Waals surface area contributed by atoms with E-state index in [0.717, 1.165) is 11.3 Å². The van der Waals surface area contributed by atoms with Gasteiger partial charge in [-0.3, -0.25) is 9.52 Å². The maximum Gasteiger partial charge on any atom is 0.265 e. The normalized spacial score (nSPS) is 11.0. The predicted molar refractivity (Wildman–Crippen MR) is 125 cm³/mol. The Balaban J connectivity index is 1.71. The third kappa shape index (κ3) is 6.15. The van der Waals surface area contributed by atoms with E-state index in [4.69, 9.17) is 21.1 Å². The number of benzene rings is 3. The summed E-state index contributed by atoms with van der Waals surface area (Å²) in [6, 6.07) is 18.2. The third-order valence-corrected chi connectivity index (χ3v) is 6.29. The second-order valence-electron chi connectivity index (χ2n) is 6.87. The van der Waals surface area contributed by atoms with Gasteiger partial charge in [-0.15, -0.1) is 0 Å². The van der Waals surface area contributed by atoms with E-state index in [2.05, 4.69) is 10.0 Å². The van der Waals surface area contributed by atoms with Gasteiger partial charge in [-0.05, 0) is 66.6 Å². The fraction of sp³-hybridized carbons (Fsp3) is 0.174. The molecule has 2 N–H and O–H groups in total. The van der Waals surface area contributed by atoms with Crippen LogP contribution in [-0.4, -0.2) is 28.5 Å². The Morgan fingerprint density at radius 3 is 2.19 bits per heavy atom. The molecule has 0 fully saturated rings. The molecule has 3 aromatic carbocycles. The van der Waals surface area contributed by atoms with Gasteiger partial charge >= 0.3 is 0 Å². The average molecular weight is 475 g/mol. The first-order valence-corrected chi connectivity index (χ1v) is 11.6. The molecule has 0 radical (unpaired) electrons. The van der Waals surface area contributed by atoms with Gasteiger partial charge in [-0.25, -0.2) is 8.42 Å². The molecule has 0 saturated carbocycles. The van der Waals surface area contributed by atoms with E-state index in [0.29, 0.717) is 22.8 Å². The lowest BCUT2D eigenvalue weighted by Gasteiger charge is -2.14. The van der Waals surface area contributed by atoms with Gasteiger partial charge in [0, 0.05) is 22.8 Å². The largest absolute Gasteiger partial charge is 0.497 e. The van der Waals surface area contributed by atoms with Crippen LogP contribution in [-0.2, 0) is 21.2 Å². The van der Waals surface area contributed by atoms with Crippen LogP contribution in [0, 0.1) is 0 Å². The molecule has 0 aliphatic carbocycles. The molecule has 168 valence electrons. The number of aryl methyl sites for hydroxylation is 1. The summed E-state index contributed by atoms with van der Waals surface area (Å²) in [4.78, 5) is 12.3. The Hall–Kier alpha value is -3.23. The molecule has 1 amide bonds. The molecule has 9 heteroatoms. The molecular formula is C23H23ClN2O5S. The van der Waals surface area contributed by atoms with Crippen molar-refractivity contribution in [2.45, 2.75) is 17.7 Å². The first kappa shape index (κ1) is 23.4. The molecule has 0 aliphatic rings. The molecule has 0 heterocycles. The van der Waals surface area contributed by atoms with Crippen molar-refractivity contribution in [3.63, 3.8) is 0 Å². The van der Waals surface area contributed by atoms with Gasteiger partial charge in [0.1, 0.15) is 16.4 Å². The van der Waals surface area contributed by atoms with Crippen molar-refractivity contribution in [3.05, 3.63) is 77.3 Å². The minimum absolute atomic E-state index is 0.0945. The van der Waals surface area contributed by atoms with Crippen molar-refractivity contribution < 1.29 is 22.7 Å². The Bertz CT molecular complexity index is 1180. The van der Waals surface area contributed by atoms with Crippen LogP contribution in [0.2, 0.25) is 5.02 Å². The summed E-state index contributed by atoms with van der Waals surface area (Å²) < 4.78 is 38.7. The summed E-state index contributed by atoms with van der Waals surface area (Å²) in [5, 5.41) is 3.23. The molecule has 0 saturated heterocycles. The Morgan fingerprint density at radius 1 is 0.906 bits per heavy atom. The van der Waals surface area contributed by atoms with E-state index in [-0.39, 0.29) is 23.0 Å². The van der Waals surface area contributed by atoms with Gasteiger partial charge < -0.3 is 14.8 Å². The third-order valence-electron chi connectivity index (χ3n) is 4.63. The zero-order valence-corrected chi connectivity index (χ0v) is 19.2. The fourth-order valence-corrected chi connectivity index (χ4v) is 4.35. The zero-order chi connectivity index (χ0) is 23.1. The number of hydrogen-bond donors (Lipinski definition) is 2. The van der Waals surface area contributed by atoms with E-state index in [1.807, 2.05) is 24.3 Å². The van der Waals surface area contributed by atoms with Crippen LogP contribution in [0.5, 0.6) is 11.5 Å². The van der Waals surface area contributed by atoms with Crippen LogP contribution in [0.3, 0.4) is 0 Å². The molecule has 0 bridgehead atoms. The highest BCUT2D eigenvalue weighted by atomic mass is 35.5. The average Bonchev–Trinajstić information content (AvgIpc) is 2.79. The number of anilines is 2. The van der Waals surface area contributed by atoms with Crippen molar-refractivity contribution in [2.24, 2.45) is 0 Å². The lowest BCUT2D eigenvalue weighted by molar-refractivity contribution is -0.116. The highest BCUT2D eigenvalue weighted by molar-refractivity contribution is 7.92. The van der Waals surface area contributed by atoms with Crippen molar-refractivity contribution in [2.75, 3.05) is 24.3 Å². The molecule has 0 unspecified atom stereocenters. The van der Waals surface area contributed by atoms with Crippen molar-refractivity contribution in [3.8, 4) is 11.5 Å². The smallest absolute Gasteiger partial charge is 0.265 e. The van der Waals surface area contributed by atoms with Gasteiger partial charge in [0.25, 0.3) is 10.0 Å². The standard InChI is InChI=1S/C23H23ClN2O5S/c1-30-20-11-3-16(4-12-20)5-14-23(27)25-19-10-13-21(31-2)22(15-19)32(28,29)26-18-8-6-17(24)7-9-18/h3-4,6-13,15,26H,5,14H2,1-2H3,(H,25,27). The molecule has 7 nitrogen and oxygen atoms in total. The Morgan fingerprint density at radius 2 is 1.56 bits per heavy atom. The fourth-order valence-electron chi connectivity index (χ4n) is 2.97. The van der Waals surface area contributed by atoms with E-state index < -0.39 is 10.0 Å². The maximum atomic E-state index is 12.9. The number of hydrogen-bond acceptors (Lipinski definition) is 5. The van der Waals surface area contributed by atoms with Crippen LogP contribution in [0.1, 0.15) is 12.0 Å². The minimum Gasteiger partial charge on any atom is -0.497 e. The number of sulfonamides is 1. The van der Waals surface area contributed by atoms with Gasteiger partial charge in [0.2, 0.25) is 5.91 Å². The van der Waals surface area contributed by atoms with Crippen LogP contribution in [0.25, 0.3) is 0 Å². The first-order chi connectivity index (χ1) is 15.3. The summed E-state index contributed by atoms with van der Waals surface area (Å²) in [5.41, 5.74) is 1.69. The molecule has 0 aliphatic heterocycles. The van der Waals surface area contributed by atoms with Crippen LogP contribution >= 0.6 is 11.6 Å². The number of rotatable bonds is 9. The summed E-state index contributed by atoms with van der Waals surface area (Å²) in [6.07, 6.45) is 0.777. The number of halogens is 1. The quantitative estimate of drug-likeness (QED) is 0.467. The van der Waals surface area contributed by atoms with Crippen molar-refractivity contribution >= 4 is 38.9 Å². The maximum absolute atomic E-state index is 12.9. The highest BCUT2D eigenvalue weighted by Gasteiger charge is 2.21. The number of methoxy groups -OCH3 is 2. The molecule has 0 aromatic heterocycles. The summed E-state index contributed by atoms with van der Waals surface area (Å²) >= 11 is 5.85. The van der Waals surface area contributed by atoms with Gasteiger partial charge in [0.05, 0.1) is 14.2 Å². The van der Waals surface area contributed by atoms with Crippen molar-refractivity contribution in [1.29, 1.82) is 0 Å². The number of amides is 1. The van der Waals surface area contributed by atoms with E-state index in [1.54, 1.807) is 37.4 Å². The summed E-state index contributed by atoms with van der Waals surface area (Å²) in [5.74, 6) is 0.667. The lowest BCUT2D eigenvalue weighted by atomic mass is 10.1. The Labute approximate surface area is 192 Å². The molecule has 3 rings (SSSR count).